The standard InChI is InChI=1S/C9H8ClF2NO3/c1-16-5-3-13-8(9(11)12)4(7(5)10)2-6(14)15/h3,9H,2H2,1H3,(H,14,15). The number of aromatic nitrogens is 1. The van der Waals surface area contributed by atoms with Crippen LogP contribution in [0.1, 0.15) is 17.7 Å². The second-order valence-electron chi connectivity index (χ2n) is 2.88. The van der Waals surface area contributed by atoms with Crippen molar-refractivity contribution in [3.05, 3.63) is 22.5 Å². The topological polar surface area (TPSA) is 59.4 Å². The molecule has 0 aliphatic rings. The number of rotatable bonds is 4. The van der Waals surface area contributed by atoms with Crippen molar-refractivity contribution in [2.45, 2.75) is 12.8 Å². The van der Waals surface area contributed by atoms with Gasteiger partial charge in [0.25, 0.3) is 6.43 Å². The summed E-state index contributed by atoms with van der Waals surface area (Å²) in [6.07, 6.45) is -2.46. The van der Waals surface area contributed by atoms with E-state index in [1.807, 2.05) is 0 Å². The van der Waals surface area contributed by atoms with Gasteiger partial charge in [-0.05, 0) is 0 Å². The summed E-state index contributed by atoms with van der Waals surface area (Å²) in [6.45, 7) is 0. The van der Waals surface area contributed by atoms with Crippen molar-refractivity contribution >= 4 is 17.6 Å². The average Bonchev–Trinajstić information content (AvgIpc) is 2.19. The van der Waals surface area contributed by atoms with Gasteiger partial charge in [-0.15, -0.1) is 0 Å². The number of nitrogens with zero attached hydrogens (tertiary/aromatic N) is 1. The number of methoxy groups -OCH3 is 1. The molecule has 0 aliphatic carbocycles. The maximum absolute atomic E-state index is 12.5. The third-order valence-corrected chi connectivity index (χ3v) is 2.28. The van der Waals surface area contributed by atoms with Gasteiger partial charge < -0.3 is 9.84 Å². The van der Waals surface area contributed by atoms with Crippen LogP contribution < -0.4 is 4.74 Å². The molecular formula is C9H8ClF2NO3. The van der Waals surface area contributed by atoms with Crippen LogP contribution in [-0.4, -0.2) is 23.2 Å². The number of alkyl halides is 2. The zero-order valence-electron chi connectivity index (χ0n) is 8.21. The van der Waals surface area contributed by atoms with Gasteiger partial charge in [-0.3, -0.25) is 9.78 Å². The number of aliphatic carboxylic acids is 1. The van der Waals surface area contributed by atoms with Crippen molar-refractivity contribution in [1.82, 2.24) is 4.98 Å². The zero-order valence-corrected chi connectivity index (χ0v) is 8.96. The molecule has 0 atom stereocenters. The number of halogens is 3. The predicted octanol–water partition coefficient (Wildman–Crippen LogP) is 2.31. The van der Waals surface area contributed by atoms with E-state index in [0.29, 0.717) is 0 Å². The molecule has 0 radical (unpaired) electrons. The first kappa shape index (κ1) is 12.6. The van der Waals surface area contributed by atoms with Gasteiger partial charge in [0.1, 0.15) is 5.69 Å². The Hall–Kier alpha value is -1.43. The van der Waals surface area contributed by atoms with Crippen molar-refractivity contribution in [3.8, 4) is 5.75 Å². The van der Waals surface area contributed by atoms with E-state index in [-0.39, 0.29) is 16.3 Å². The highest BCUT2D eigenvalue weighted by atomic mass is 35.5. The minimum atomic E-state index is -2.88. The Labute approximate surface area is 94.8 Å². The Morgan fingerprint density at radius 2 is 2.31 bits per heavy atom. The quantitative estimate of drug-likeness (QED) is 0.892. The maximum Gasteiger partial charge on any atom is 0.307 e. The summed E-state index contributed by atoms with van der Waals surface area (Å²) in [7, 11) is 1.29. The van der Waals surface area contributed by atoms with Crippen molar-refractivity contribution in [1.29, 1.82) is 0 Å². The molecule has 4 nitrogen and oxygen atoms in total. The fourth-order valence-corrected chi connectivity index (χ4v) is 1.46. The fourth-order valence-electron chi connectivity index (χ4n) is 1.17. The largest absolute Gasteiger partial charge is 0.494 e. The van der Waals surface area contributed by atoms with E-state index in [4.69, 9.17) is 21.4 Å². The van der Waals surface area contributed by atoms with E-state index in [1.165, 1.54) is 7.11 Å². The van der Waals surface area contributed by atoms with Crippen LogP contribution in [0.2, 0.25) is 5.02 Å². The van der Waals surface area contributed by atoms with Crippen molar-refractivity contribution in [2.24, 2.45) is 0 Å². The molecule has 1 aromatic rings. The summed E-state index contributed by atoms with van der Waals surface area (Å²) in [5.74, 6) is -1.19. The maximum atomic E-state index is 12.5. The first-order valence-electron chi connectivity index (χ1n) is 4.18. The van der Waals surface area contributed by atoms with Crippen LogP contribution in [-0.2, 0) is 11.2 Å². The Bertz CT molecular complexity index is 412. The first-order valence-corrected chi connectivity index (χ1v) is 4.56. The predicted molar refractivity (Wildman–Crippen MR) is 52.1 cm³/mol. The van der Waals surface area contributed by atoms with E-state index in [2.05, 4.69) is 4.98 Å². The Balaban J connectivity index is 3.30. The molecule has 0 fully saturated rings. The molecule has 1 aromatic heterocycles. The van der Waals surface area contributed by atoms with E-state index >= 15 is 0 Å². The van der Waals surface area contributed by atoms with Crippen LogP contribution in [0.5, 0.6) is 5.75 Å². The van der Waals surface area contributed by atoms with Crippen molar-refractivity contribution in [3.63, 3.8) is 0 Å². The van der Waals surface area contributed by atoms with Crippen LogP contribution in [0.25, 0.3) is 0 Å². The number of ether oxygens (including phenoxy) is 1. The molecule has 7 heteroatoms. The average molecular weight is 252 g/mol. The highest BCUT2D eigenvalue weighted by Crippen LogP contribution is 2.33. The molecule has 0 unspecified atom stereocenters. The monoisotopic (exact) mass is 251 g/mol. The van der Waals surface area contributed by atoms with Gasteiger partial charge in [0.15, 0.2) is 5.75 Å². The van der Waals surface area contributed by atoms with Crippen LogP contribution in [0.15, 0.2) is 6.20 Å². The molecule has 0 bridgehead atoms. The van der Waals surface area contributed by atoms with Crippen LogP contribution in [0.3, 0.4) is 0 Å². The summed E-state index contributed by atoms with van der Waals surface area (Å²) in [5, 5.41) is 8.45. The highest BCUT2D eigenvalue weighted by Gasteiger charge is 2.22. The lowest BCUT2D eigenvalue weighted by Gasteiger charge is -2.11. The third-order valence-electron chi connectivity index (χ3n) is 1.87. The Morgan fingerprint density at radius 3 is 2.75 bits per heavy atom. The normalized spacial score (nSPS) is 10.6. The number of pyridine rings is 1. The van der Waals surface area contributed by atoms with E-state index in [0.717, 1.165) is 6.20 Å². The summed E-state index contributed by atoms with van der Waals surface area (Å²) >= 11 is 5.74. The van der Waals surface area contributed by atoms with Gasteiger partial charge in [0, 0.05) is 5.56 Å². The number of carboxylic acid groups (broad SMARTS) is 1. The van der Waals surface area contributed by atoms with Gasteiger partial charge in [-0.25, -0.2) is 8.78 Å². The van der Waals surface area contributed by atoms with Gasteiger partial charge in [-0.2, -0.15) is 0 Å². The highest BCUT2D eigenvalue weighted by molar-refractivity contribution is 6.33. The molecule has 1 rings (SSSR count). The van der Waals surface area contributed by atoms with Crippen LogP contribution in [0, 0.1) is 0 Å². The molecule has 0 aromatic carbocycles. The molecule has 0 spiro atoms. The summed E-state index contributed by atoms with van der Waals surface area (Å²) < 4.78 is 29.8. The molecule has 0 amide bonds. The molecule has 1 heterocycles. The lowest BCUT2D eigenvalue weighted by atomic mass is 10.1. The summed E-state index contributed by atoms with van der Waals surface area (Å²) in [4.78, 5) is 14.0. The summed E-state index contributed by atoms with van der Waals surface area (Å²) in [5.41, 5.74) is -0.850. The van der Waals surface area contributed by atoms with Crippen molar-refractivity contribution in [2.75, 3.05) is 7.11 Å². The fraction of sp³-hybridized carbons (Fsp3) is 0.333. The number of carboxylic acids is 1. The first-order chi connectivity index (χ1) is 7.47. The van der Waals surface area contributed by atoms with Gasteiger partial charge >= 0.3 is 5.97 Å². The lowest BCUT2D eigenvalue weighted by Crippen LogP contribution is -2.07. The van der Waals surface area contributed by atoms with Crippen molar-refractivity contribution < 1.29 is 23.4 Å². The van der Waals surface area contributed by atoms with E-state index in [9.17, 15) is 13.6 Å². The number of carbonyl (C=O) groups is 1. The van der Waals surface area contributed by atoms with Gasteiger partial charge in [0.05, 0.1) is 24.8 Å². The lowest BCUT2D eigenvalue weighted by molar-refractivity contribution is -0.136. The Kier molecular flexibility index (Phi) is 4.00. The molecule has 0 saturated carbocycles. The molecule has 88 valence electrons. The third kappa shape index (κ3) is 2.57. The SMILES string of the molecule is COc1cnc(C(F)F)c(CC(=O)O)c1Cl. The molecule has 16 heavy (non-hydrogen) atoms. The van der Waals surface area contributed by atoms with Gasteiger partial charge in [0.2, 0.25) is 0 Å². The second kappa shape index (κ2) is 5.07. The van der Waals surface area contributed by atoms with Crippen LogP contribution >= 0.6 is 11.6 Å². The number of hydrogen-bond donors (Lipinski definition) is 1. The smallest absolute Gasteiger partial charge is 0.307 e. The minimum Gasteiger partial charge on any atom is -0.494 e. The van der Waals surface area contributed by atoms with Gasteiger partial charge in [-0.1, -0.05) is 11.6 Å². The minimum absolute atomic E-state index is 0.0716. The summed E-state index contributed by atoms with van der Waals surface area (Å²) in [6, 6.07) is 0. The zero-order chi connectivity index (χ0) is 12.3. The van der Waals surface area contributed by atoms with Crippen LogP contribution in [0.4, 0.5) is 8.78 Å². The molecule has 0 saturated heterocycles. The second-order valence-corrected chi connectivity index (χ2v) is 3.25. The number of hydrogen-bond acceptors (Lipinski definition) is 3. The Morgan fingerprint density at radius 1 is 1.69 bits per heavy atom. The van der Waals surface area contributed by atoms with E-state index in [1.54, 1.807) is 0 Å². The molecule has 0 aliphatic heterocycles. The van der Waals surface area contributed by atoms with E-state index < -0.39 is 24.5 Å². The molecule has 1 N–H and O–H groups in total. The molecular weight excluding hydrogens is 244 g/mol.